The summed E-state index contributed by atoms with van der Waals surface area (Å²) in [6.45, 7) is 0. The predicted octanol–water partition coefficient (Wildman–Crippen LogP) is 3.71. The van der Waals surface area contributed by atoms with Crippen molar-refractivity contribution in [3.63, 3.8) is 0 Å². The van der Waals surface area contributed by atoms with E-state index in [2.05, 4.69) is 5.32 Å². The molecule has 2 aromatic heterocycles. The van der Waals surface area contributed by atoms with Crippen molar-refractivity contribution in [2.45, 2.75) is 12.3 Å². The number of aromatic carboxylic acids is 1. The summed E-state index contributed by atoms with van der Waals surface area (Å²) in [7, 11) is 0. The lowest BCUT2D eigenvalue weighted by Crippen LogP contribution is -2.25. The quantitative estimate of drug-likeness (QED) is 0.765. The maximum Gasteiger partial charge on any atom is 0.339 e. The van der Waals surface area contributed by atoms with Gasteiger partial charge in [0.05, 0.1) is 11.4 Å². The summed E-state index contributed by atoms with van der Waals surface area (Å²) in [6.07, 6.45) is 1.90. The molecule has 1 atom stereocenters. The molecule has 6 heteroatoms. The first-order valence-electron chi connectivity index (χ1n) is 7.52. The van der Waals surface area contributed by atoms with Gasteiger partial charge in [0.25, 0.3) is 0 Å². The van der Waals surface area contributed by atoms with Gasteiger partial charge in [-0.1, -0.05) is 24.3 Å². The average molecular weight is 338 g/mol. The van der Waals surface area contributed by atoms with Gasteiger partial charge in [0, 0.05) is 29.1 Å². The first-order chi connectivity index (χ1) is 11.6. The van der Waals surface area contributed by atoms with Gasteiger partial charge in [-0.15, -0.1) is 11.3 Å². The molecule has 3 aromatic rings. The Hall–Kier alpha value is -2.86. The van der Waals surface area contributed by atoms with Crippen molar-refractivity contribution in [1.29, 1.82) is 0 Å². The molecule has 24 heavy (non-hydrogen) atoms. The maximum absolute atomic E-state index is 12.1. The fraction of sp³-hybridized carbons (Fsp3) is 0.111. The minimum atomic E-state index is -1.05. The third-order valence-corrected chi connectivity index (χ3v) is 5.16. The van der Waals surface area contributed by atoms with Gasteiger partial charge in [0.15, 0.2) is 0 Å². The molecular weight excluding hydrogens is 324 g/mol. The minimum Gasteiger partial charge on any atom is -0.478 e. The molecule has 0 saturated carbocycles. The Morgan fingerprint density at radius 3 is 2.67 bits per heavy atom. The molecule has 0 saturated heterocycles. The van der Waals surface area contributed by atoms with Crippen LogP contribution < -0.4 is 5.32 Å². The van der Waals surface area contributed by atoms with E-state index in [4.69, 9.17) is 0 Å². The van der Waals surface area contributed by atoms with Crippen LogP contribution in [0.5, 0.6) is 0 Å². The van der Waals surface area contributed by atoms with Crippen LogP contribution in [0.4, 0.5) is 5.69 Å². The number of carbonyl (C=O) groups is 2. The van der Waals surface area contributed by atoms with Crippen molar-refractivity contribution >= 4 is 28.9 Å². The fourth-order valence-electron chi connectivity index (χ4n) is 3.16. The molecule has 0 radical (unpaired) electrons. The van der Waals surface area contributed by atoms with Crippen LogP contribution in [0.15, 0.2) is 54.0 Å². The number of carboxylic acids is 1. The number of benzene rings is 1. The van der Waals surface area contributed by atoms with Crippen molar-refractivity contribution in [3.8, 4) is 5.69 Å². The third kappa shape index (κ3) is 2.32. The third-order valence-electron chi connectivity index (χ3n) is 4.18. The lowest BCUT2D eigenvalue weighted by atomic mass is 9.93. The predicted molar refractivity (Wildman–Crippen MR) is 92.1 cm³/mol. The van der Waals surface area contributed by atoms with E-state index >= 15 is 0 Å². The number of rotatable bonds is 3. The number of hydrogen-bond donors (Lipinski definition) is 2. The molecular formula is C18H14N2O3S. The molecule has 5 nitrogen and oxygen atoms in total. The van der Waals surface area contributed by atoms with E-state index in [1.807, 2.05) is 52.4 Å². The largest absolute Gasteiger partial charge is 0.478 e. The van der Waals surface area contributed by atoms with Crippen molar-refractivity contribution in [2.24, 2.45) is 0 Å². The maximum atomic E-state index is 12.1. The molecule has 3 heterocycles. The van der Waals surface area contributed by atoms with E-state index in [1.54, 1.807) is 17.5 Å². The highest BCUT2D eigenvalue weighted by atomic mass is 32.1. The molecule has 1 unspecified atom stereocenters. The summed E-state index contributed by atoms with van der Waals surface area (Å²) in [6, 6.07) is 13.5. The lowest BCUT2D eigenvalue weighted by Gasteiger charge is -2.25. The molecule has 0 spiro atoms. The molecule has 120 valence electrons. The number of carboxylic acid groups (broad SMARTS) is 1. The number of aromatic nitrogens is 1. The number of para-hydroxylation sites is 1. The SMILES string of the molecule is O=C1CC(c2cccs2)c2c(c(C(=O)O)cn2-c2ccccc2)N1. The normalized spacial score (nSPS) is 16.5. The first kappa shape index (κ1) is 14.7. The van der Waals surface area contributed by atoms with Crippen molar-refractivity contribution < 1.29 is 14.7 Å². The van der Waals surface area contributed by atoms with E-state index in [1.165, 1.54) is 0 Å². The second-order valence-electron chi connectivity index (χ2n) is 5.63. The van der Waals surface area contributed by atoms with Crippen LogP contribution in [-0.4, -0.2) is 21.6 Å². The summed E-state index contributed by atoms with van der Waals surface area (Å²) in [5, 5.41) is 14.3. The topological polar surface area (TPSA) is 71.3 Å². The van der Waals surface area contributed by atoms with Gasteiger partial charge in [0.2, 0.25) is 5.91 Å². The van der Waals surface area contributed by atoms with Gasteiger partial charge in [-0.2, -0.15) is 0 Å². The number of amides is 1. The van der Waals surface area contributed by atoms with E-state index in [-0.39, 0.29) is 17.4 Å². The van der Waals surface area contributed by atoms with E-state index in [0.29, 0.717) is 12.1 Å². The van der Waals surface area contributed by atoms with Crippen LogP contribution in [0, 0.1) is 0 Å². The molecule has 1 aromatic carbocycles. The average Bonchev–Trinajstić information content (AvgIpc) is 3.22. The number of hydrogen-bond acceptors (Lipinski definition) is 3. The van der Waals surface area contributed by atoms with E-state index in [0.717, 1.165) is 16.3 Å². The standard InChI is InChI=1S/C18H14N2O3S/c21-15-9-12(14-7-4-8-24-14)17-16(19-15)13(18(22)23)10-20(17)11-5-2-1-3-6-11/h1-8,10,12H,9H2,(H,19,21)(H,22,23). The Morgan fingerprint density at radius 2 is 2.00 bits per heavy atom. The number of carbonyl (C=O) groups excluding carboxylic acids is 1. The molecule has 0 fully saturated rings. The molecule has 2 N–H and O–H groups in total. The summed E-state index contributed by atoms with van der Waals surface area (Å²) in [5.74, 6) is -1.36. The highest BCUT2D eigenvalue weighted by Gasteiger charge is 2.34. The van der Waals surface area contributed by atoms with Crippen molar-refractivity contribution in [2.75, 3.05) is 5.32 Å². The highest BCUT2D eigenvalue weighted by Crippen LogP contribution is 2.42. The zero-order chi connectivity index (χ0) is 16.7. The monoisotopic (exact) mass is 338 g/mol. The van der Waals surface area contributed by atoms with Crippen LogP contribution in [0.25, 0.3) is 5.69 Å². The lowest BCUT2D eigenvalue weighted by molar-refractivity contribution is -0.116. The summed E-state index contributed by atoms with van der Waals surface area (Å²) < 4.78 is 1.88. The zero-order valence-corrected chi connectivity index (χ0v) is 13.4. The second-order valence-corrected chi connectivity index (χ2v) is 6.61. The van der Waals surface area contributed by atoms with Gasteiger partial charge in [-0.25, -0.2) is 4.79 Å². The zero-order valence-electron chi connectivity index (χ0n) is 12.6. The Balaban J connectivity index is 1.98. The number of nitrogens with one attached hydrogen (secondary N) is 1. The molecule has 1 aliphatic rings. The van der Waals surface area contributed by atoms with Crippen molar-refractivity contribution in [3.05, 3.63) is 70.2 Å². The van der Waals surface area contributed by atoms with E-state index in [9.17, 15) is 14.7 Å². The highest BCUT2D eigenvalue weighted by molar-refractivity contribution is 7.10. The fourth-order valence-corrected chi connectivity index (χ4v) is 3.99. The van der Waals surface area contributed by atoms with Crippen LogP contribution >= 0.6 is 11.3 Å². The Labute approximate surface area is 142 Å². The molecule has 0 aliphatic carbocycles. The van der Waals surface area contributed by atoms with Crippen LogP contribution in [0.2, 0.25) is 0 Å². The molecule has 1 aliphatic heterocycles. The minimum absolute atomic E-state index is 0.114. The number of fused-ring (bicyclic) bond motifs is 1. The van der Waals surface area contributed by atoms with Gasteiger partial charge in [0.1, 0.15) is 5.56 Å². The Bertz CT molecular complexity index is 913. The van der Waals surface area contributed by atoms with E-state index < -0.39 is 5.97 Å². The Morgan fingerprint density at radius 1 is 1.21 bits per heavy atom. The molecule has 1 amide bonds. The van der Waals surface area contributed by atoms with Gasteiger partial charge in [-0.05, 0) is 23.6 Å². The number of anilines is 1. The van der Waals surface area contributed by atoms with Crippen LogP contribution in [0.1, 0.15) is 33.3 Å². The first-order valence-corrected chi connectivity index (χ1v) is 8.40. The van der Waals surface area contributed by atoms with Gasteiger partial charge < -0.3 is 15.0 Å². The van der Waals surface area contributed by atoms with Crippen LogP contribution in [0.3, 0.4) is 0 Å². The van der Waals surface area contributed by atoms with Crippen molar-refractivity contribution in [1.82, 2.24) is 4.57 Å². The second kappa shape index (κ2) is 5.65. The Kier molecular flexibility index (Phi) is 3.46. The molecule has 0 bridgehead atoms. The molecule has 4 rings (SSSR count). The van der Waals surface area contributed by atoms with Gasteiger partial charge in [-0.3, -0.25) is 4.79 Å². The number of nitrogens with zero attached hydrogens (tertiary/aromatic N) is 1. The van der Waals surface area contributed by atoms with Crippen LogP contribution in [-0.2, 0) is 4.79 Å². The summed E-state index contributed by atoms with van der Waals surface area (Å²) >= 11 is 1.58. The number of thiophene rings is 1. The summed E-state index contributed by atoms with van der Waals surface area (Å²) in [4.78, 5) is 24.9. The smallest absolute Gasteiger partial charge is 0.339 e. The summed E-state index contributed by atoms with van der Waals surface area (Å²) in [5.41, 5.74) is 2.21. The van der Waals surface area contributed by atoms with Gasteiger partial charge >= 0.3 is 5.97 Å².